The zero-order valence-electron chi connectivity index (χ0n) is 19.4. The Morgan fingerprint density at radius 3 is 1.94 bits per heavy atom. The lowest BCUT2D eigenvalue weighted by Gasteiger charge is -2.11. The van der Waals surface area contributed by atoms with Crippen LogP contribution in [0.15, 0.2) is 39.5 Å². The molecular formula is C27H34O7. The summed E-state index contributed by atoms with van der Waals surface area (Å²) in [5, 5.41) is 49.0. The van der Waals surface area contributed by atoms with Crippen LogP contribution >= 0.6 is 0 Å². The predicted molar refractivity (Wildman–Crippen MR) is 132 cm³/mol. The number of aliphatic hydroxyl groups excluding tert-OH is 1. The number of unbranched alkanes of at least 4 members (excludes halogenated alkanes) is 9. The zero-order chi connectivity index (χ0) is 24.5. The van der Waals surface area contributed by atoms with E-state index in [1.54, 1.807) is 0 Å². The number of fused-ring (bicyclic) bond motifs is 1. The first kappa shape index (κ1) is 25.4. The van der Waals surface area contributed by atoms with Gasteiger partial charge in [0, 0.05) is 18.2 Å². The van der Waals surface area contributed by atoms with Crippen molar-refractivity contribution >= 4 is 11.0 Å². The molecule has 5 N–H and O–H groups in total. The maximum absolute atomic E-state index is 13.0. The fourth-order valence-electron chi connectivity index (χ4n) is 4.27. The van der Waals surface area contributed by atoms with E-state index in [9.17, 15) is 25.2 Å². The Kier molecular flexibility index (Phi) is 9.22. The minimum atomic E-state index is -0.597. The lowest BCUT2D eigenvalue weighted by atomic mass is 9.99. The van der Waals surface area contributed by atoms with Gasteiger partial charge in [-0.25, -0.2) is 0 Å². The summed E-state index contributed by atoms with van der Waals surface area (Å²) in [6, 6.07) is 6.72. The van der Waals surface area contributed by atoms with Crippen molar-refractivity contribution in [2.24, 2.45) is 0 Å². The average Bonchev–Trinajstić information content (AvgIpc) is 2.81. The molecule has 7 nitrogen and oxygen atoms in total. The zero-order valence-corrected chi connectivity index (χ0v) is 19.4. The van der Waals surface area contributed by atoms with Crippen molar-refractivity contribution in [2.45, 2.75) is 70.6 Å². The lowest BCUT2D eigenvalue weighted by Crippen LogP contribution is -2.06. The van der Waals surface area contributed by atoms with E-state index >= 15 is 0 Å². The van der Waals surface area contributed by atoms with Crippen LogP contribution in [0.3, 0.4) is 0 Å². The second kappa shape index (κ2) is 12.3. The largest absolute Gasteiger partial charge is 0.508 e. The molecule has 0 atom stereocenters. The number of aromatic hydroxyl groups is 4. The Bertz CT molecular complexity index is 1150. The molecule has 34 heavy (non-hydrogen) atoms. The Balaban J connectivity index is 1.64. The van der Waals surface area contributed by atoms with Gasteiger partial charge in [0.25, 0.3) is 0 Å². The average molecular weight is 471 g/mol. The predicted octanol–water partition coefficient (Wildman–Crippen LogP) is 5.72. The Morgan fingerprint density at radius 1 is 0.706 bits per heavy atom. The van der Waals surface area contributed by atoms with Gasteiger partial charge in [-0.15, -0.1) is 0 Å². The van der Waals surface area contributed by atoms with E-state index in [2.05, 4.69) is 0 Å². The molecule has 0 bridgehead atoms. The topological polar surface area (TPSA) is 131 Å². The van der Waals surface area contributed by atoms with Gasteiger partial charge in [-0.3, -0.25) is 4.79 Å². The van der Waals surface area contributed by atoms with Gasteiger partial charge in [-0.1, -0.05) is 51.4 Å². The number of aliphatic hydroxyl groups is 1. The Morgan fingerprint density at radius 2 is 1.32 bits per heavy atom. The van der Waals surface area contributed by atoms with Crippen LogP contribution in [0.1, 0.15) is 69.8 Å². The standard InChI is InChI=1S/C27H34O7/c28-14-10-8-6-4-2-1-3-5-7-9-11-18-15-20(29)17-23-24(18)25(32)26(33)27(34-23)19-12-13-21(30)22(31)16-19/h12-13,15-17,28-31,33H,1-11,14H2. The summed E-state index contributed by atoms with van der Waals surface area (Å²) < 4.78 is 5.77. The van der Waals surface area contributed by atoms with Gasteiger partial charge in [0.05, 0.1) is 5.39 Å². The van der Waals surface area contributed by atoms with Crippen molar-refractivity contribution in [3.8, 4) is 34.3 Å². The molecule has 184 valence electrons. The van der Waals surface area contributed by atoms with E-state index in [0.29, 0.717) is 12.0 Å². The van der Waals surface area contributed by atoms with Crippen molar-refractivity contribution in [2.75, 3.05) is 6.61 Å². The van der Waals surface area contributed by atoms with Crippen molar-refractivity contribution in [3.05, 3.63) is 46.1 Å². The van der Waals surface area contributed by atoms with Crippen molar-refractivity contribution in [1.29, 1.82) is 0 Å². The van der Waals surface area contributed by atoms with Crippen molar-refractivity contribution in [1.82, 2.24) is 0 Å². The molecule has 0 aliphatic rings. The summed E-state index contributed by atoms with van der Waals surface area (Å²) in [5.74, 6) is -1.48. The molecule has 1 aromatic heterocycles. The van der Waals surface area contributed by atoms with E-state index in [4.69, 9.17) is 9.52 Å². The molecule has 3 aromatic rings. The number of hydrogen-bond donors (Lipinski definition) is 5. The number of rotatable bonds is 13. The van der Waals surface area contributed by atoms with Gasteiger partial charge in [-0.2, -0.15) is 0 Å². The highest BCUT2D eigenvalue weighted by Gasteiger charge is 2.19. The van der Waals surface area contributed by atoms with Gasteiger partial charge in [-0.05, 0) is 49.1 Å². The number of benzene rings is 2. The summed E-state index contributed by atoms with van der Waals surface area (Å²) in [4.78, 5) is 13.0. The Labute approximate surface area is 198 Å². The van der Waals surface area contributed by atoms with Crippen molar-refractivity contribution < 1.29 is 29.9 Å². The minimum Gasteiger partial charge on any atom is -0.508 e. The van der Waals surface area contributed by atoms with Gasteiger partial charge >= 0.3 is 0 Å². The first-order chi connectivity index (χ1) is 16.4. The highest BCUT2D eigenvalue weighted by molar-refractivity contribution is 5.86. The second-order valence-corrected chi connectivity index (χ2v) is 8.80. The molecule has 0 spiro atoms. The SMILES string of the molecule is O=c1c(O)c(-c2ccc(O)c(O)c2)oc2cc(O)cc(CCCCCCCCCCCCO)c12. The summed E-state index contributed by atoms with van der Waals surface area (Å²) in [6.07, 6.45) is 11.5. The van der Waals surface area contributed by atoms with E-state index in [1.807, 2.05) is 0 Å². The second-order valence-electron chi connectivity index (χ2n) is 8.80. The molecule has 2 aromatic carbocycles. The van der Waals surface area contributed by atoms with E-state index in [1.165, 1.54) is 56.0 Å². The normalized spacial score (nSPS) is 11.3. The van der Waals surface area contributed by atoms with E-state index in [0.717, 1.165) is 38.5 Å². The monoisotopic (exact) mass is 470 g/mol. The molecule has 0 unspecified atom stereocenters. The van der Waals surface area contributed by atoms with Gasteiger partial charge in [0.1, 0.15) is 11.3 Å². The maximum atomic E-state index is 13.0. The van der Waals surface area contributed by atoms with Crippen LogP contribution in [0, 0.1) is 0 Å². The lowest BCUT2D eigenvalue weighted by molar-refractivity contribution is 0.282. The quantitative estimate of drug-likeness (QED) is 0.159. The summed E-state index contributed by atoms with van der Waals surface area (Å²) in [6.45, 7) is 0.278. The third-order valence-corrected chi connectivity index (χ3v) is 6.13. The van der Waals surface area contributed by atoms with Crippen LogP contribution in [0.4, 0.5) is 0 Å². The van der Waals surface area contributed by atoms with Gasteiger partial charge in [0.2, 0.25) is 11.2 Å². The summed E-state index contributed by atoms with van der Waals surface area (Å²) >= 11 is 0. The van der Waals surface area contributed by atoms with E-state index < -0.39 is 16.9 Å². The first-order valence-electron chi connectivity index (χ1n) is 12.1. The molecule has 0 aliphatic heterocycles. The number of phenolic OH excluding ortho intramolecular Hbond substituents is 3. The van der Waals surface area contributed by atoms with Crippen LogP contribution < -0.4 is 5.43 Å². The fraction of sp³-hybridized carbons (Fsp3) is 0.444. The first-order valence-corrected chi connectivity index (χ1v) is 12.1. The van der Waals surface area contributed by atoms with E-state index in [-0.39, 0.29) is 40.4 Å². The van der Waals surface area contributed by atoms with Crippen LogP contribution in [0.25, 0.3) is 22.3 Å². The van der Waals surface area contributed by atoms with Crippen LogP contribution in [0.5, 0.6) is 23.0 Å². The van der Waals surface area contributed by atoms with Crippen LogP contribution in [0.2, 0.25) is 0 Å². The molecular weight excluding hydrogens is 436 g/mol. The van der Waals surface area contributed by atoms with Crippen molar-refractivity contribution in [3.63, 3.8) is 0 Å². The molecule has 0 amide bonds. The van der Waals surface area contributed by atoms with Gasteiger partial charge < -0.3 is 29.9 Å². The van der Waals surface area contributed by atoms with Crippen LogP contribution in [-0.2, 0) is 6.42 Å². The van der Waals surface area contributed by atoms with Crippen LogP contribution in [-0.4, -0.2) is 32.1 Å². The number of hydrogen-bond acceptors (Lipinski definition) is 7. The highest BCUT2D eigenvalue weighted by atomic mass is 16.4. The summed E-state index contributed by atoms with van der Waals surface area (Å²) in [7, 11) is 0. The number of phenols is 3. The highest BCUT2D eigenvalue weighted by Crippen LogP contribution is 2.36. The molecule has 1 heterocycles. The smallest absolute Gasteiger partial charge is 0.235 e. The fourth-order valence-corrected chi connectivity index (χ4v) is 4.27. The van der Waals surface area contributed by atoms with Gasteiger partial charge in [0.15, 0.2) is 17.3 Å². The molecule has 3 rings (SSSR count). The molecule has 0 saturated carbocycles. The molecule has 0 radical (unpaired) electrons. The minimum absolute atomic E-state index is 0.0305. The Hall–Kier alpha value is -3.19. The summed E-state index contributed by atoms with van der Waals surface area (Å²) in [5.41, 5.74) is 0.412. The molecule has 0 fully saturated rings. The third-order valence-electron chi connectivity index (χ3n) is 6.13. The third kappa shape index (κ3) is 6.44. The maximum Gasteiger partial charge on any atom is 0.235 e. The molecule has 7 heteroatoms. The molecule has 0 saturated heterocycles. The number of aryl methyl sites for hydroxylation is 1. The molecule has 0 aliphatic carbocycles.